The fraction of sp³-hybridized carbons (Fsp3) is 0.0556. The molecular formula is C18H13F2N3O3. The van der Waals surface area contributed by atoms with Gasteiger partial charge in [0.1, 0.15) is 11.6 Å². The quantitative estimate of drug-likeness (QED) is 0.755. The Hall–Kier alpha value is -3.55. The SMILES string of the molecule is Cc1cccc(-n2nc(C(=O)Nc3ccc(F)cc3F)c(O)cc2=O)c1. The lowest BCUT2D eigenvalue weighted by molar-refractivity contribution is 0.101. The average Bonchev–Trinajstić information content (AvgIpc) is 2.57. The maximum absolute atomic E-state index is 13.7. The van der Waals surface area contributed by atoms with Crippen molar-refractivity contribution in [3.63, 3.8) is 0 Å². The number of rotatable bonds is 3. The molecule has 1 amide bonds. The Morgan fingerprint density at radius 3 is 2.62 bits per heavy atom. The smallest absolute Gasteiger partial charge is 0.280 e. The molecule has 0 fully saturated rings. The van der Waals surface area contributed by atoms with E-state index in [9.17, 15) is 23.5 Å². The average molecular weight is 357 g/mol. The number of aromatic hydroxyl groups is 1. The fourth-order valence-corrected chi connectivity index (χ4v) is 2.33. The van der Waals surface area contributed by atoms with E-state index in [0.29, 0.717) is 11.8 Å². The number of aromatic nitrogens is 2. The van der Waals surface area contributed by atoms with Crippen molar-refractivity contribution in [3.8, 4) is 11.4 Å². The monoisotopic (exact) mass is 357 g/mol. The van der Waals surface area contributed by atoms with E-state index in [1.54, 1.807) is 18.2 Å². The summed E-state index contributed by atoms with van der Waals surface area (Å²) in [7, 11) is 0. The molecule has 0 radical (unpaired) electrons. The van der Waals surface area contributed by atoms with Crippen LogP contribution in [-0.4, -0.2) is 20.8 Å². The van der Waals surface area contributed by atoms with Crippen molar-refractivity contribution in [2.75, 3.05) is 5.32 Å². The van der Waals surface area contributed by atoms with Crippen molar-refractivity contribution < 1.29 is 18.7 Å². The van der Waals surface area contributed by atoms with E-state index in [4.69, 9.17) is 0 Å². The van der Waals surface area contributed by atoms with Gasteiger partial charge in [0.15, 0.2) is 11.4 Å². The van der Waals surface area contributed by atoms with E-state index >= 15 is 0 Å². The number of carbonyl (C=O) groups excluding carboxylic acids is 1. The Labute approximate surface area is 146 Å². The van der Waals surface area contributed by atoms with Crippen molar-refractivity contribution in [1.82, 2.24) is 9.78 Å². The van der Waals surface area contributed by atoms with Gasteiger partial charge >= 0.3 is 0 Å². The summed E-state index contributed by atoms with van der Waals surface area (Å²) in [5, 5.41) is 15.9. The molecule has 2 N–H and O–H groups in total. The maximum Gasteiger partial charge on any atom is 0.280 e. The number of carbonyl (C=O) groups is 1. The Morgan fingerprint density at radius 2 is 1.92 bits per heavy atom. The number of aryl methyl sites for hydroxylation is 1. The lowest BCUT2D eigenvalue weighted by atomic mass is 10.2. The highest BCUT2D eigenvalue weighted by Crippen LogP contribution is 2.19. The number of hydrogen-bond acceptors (Lipinski definition) is 4. The van der Waals surface area contributed by atoms with E-state index in [1.165, 1.54) is 0 Å². The van der Waals surface area contributed by atoms with Gasteiger partial charge in [-0.25, -0.2) is 8.78 Å². The van der Waals surface area contributed by atoms with Gasteiger partial charge in [-0.2, -0.15) is 9.78 Å². The molecule has 0 bridgehead atoms. The number of nitrogens with one attached hydrogen (secondary N) is 1. The molecule has 3 rings (SSSR count). The molecule has 0 atom stereocenters. The zero-order chi connectivity index (χ0) is 18.8. The summed E-state index contributed by atoms with van der Waals surface area (Å²) in [5.41, 5.74) is -0.140. The van der Waals surface area contributed by atoms with Gasteiger partial charge in [0.05, 0.1) is 11.4 Å². The summed E-state index contributed by atoms with van der Waals surface area (Å²) in [5.74, 6) is -3.38. The van der Waals surface area contributed by atoms with Crippen LogP contribution >= 0.6 is 0 Å². The number of benzene rings is 2. The van der Waals surface area contributed by atoms with Gasteiger partial charge in [-0.1, -0.05) is 12.1 Å². The van der Waals surface area contributed by atoms with Gasteiger partial charge in [-0.05, 0) is 36.8 Å². The molecule has 8 heteroatoms. The van der Waals surface area contributed by atoms with E-state index in [-0.39, 0.29) is 5.69 Å². The Bertz CT molecular complexity index is 1060. The van der Waals surface area contributed by atoms with E-state index in [1.807, 2.05) is 13.0 Å². The topological polar surface area (TPSA) is 84.2 Å². The highest BCUT2D eigenvalue weighted by Gasteiger charge is 2.18. The predicted octanol–water partition coefficient (Wildman–Crippen LogP) is 2.78. The first-order chi connectivity index (χ1) is 12.3. The first kappa shape index (κ1) is 17.3. The van der Waals surface area contributed by atoms with Crippen LogP contribution in [-0.2, 0) is 0 Å². The van der Waals surface area contributed by atoms with Crippen LogP contribution in [0.25, 0.3) is 5.69 Å². The van der Waals surface area contributed by atoms with Crippen LogP contribution in [0.3, 0.4) is 0 Å². The molecule has 0 saturated heterocycles. The van der Waals surface area contributed by atoms with Crippen LogP contribution in [0.2, 0.25) is 0 Å². The molecule has 0 aliphatic heterocycles. The van der Waals surface area contributed by atoms with Crippen LogP contribution in [0.5, 0.6) is 5.75 Å². The highest BCUT2D eigenvalue weighted by molar-refractivity contribution is 6.04. The maximum atomic E-state index is 13.7. The van der Waals surface area contributed by atoms with E-state index in [0.717, 1.165) is 28.4 Å². The molecule has 6 nitrogen and oxygen atoms in total. The highest BCUT2D eigenvalue weighted by atomic mass is 19.1. The van der Waals surface area contributed by atoms with Crippen molar-refractivity contribution in [2.45, 2.75) is 6.92 Å². The lowest BCUT2D eigenvalue weighted by Crippen LogP contribution is -2.25. The largest absolute Gasteiger partial charge is 0.505 e. The molecule has 1 aromatic heterocycles. The molecule has 0 saturated carbocycles. The first-order valence-corrected chi connectivity index (χ1v) is 7.52. The second-order valence-corrected chi connectivity index (χ2v) is 5.55. The van der Waals surface area contributed by atoms with Crippen LogP contribution in [0, 0.1) is 18.6 Å². The van der Waals surface area contributed by atoms with Crippen molar-refractivity contribution >= 4 is 11.6 Å². The molecule has 0 spiro atoms. The Morgan fingerprint density at radius 1 is 1.15 bits per heavy atom. The Balaban J connectivity index is 2.00. The first-order valence-electron chi connectivity index (χ1n) is 7.52. The zero-order valence-electron chi connectivity index (χ0n) is 13.5. The molecule has 0 unspecified atom stereocenters. The third-order valence-corrected chi connectivity index (χ3v) is 3.55. The van der Waals surface area contributed by atoms with Crippen LogP contribution in [0.15, 0.2) is 53.3 Å². The molecule has 0 aliphatic carbocycles. The molecule has 132 valence electrons. The van der Waals surface area contributed by atoms with Gasteiger partial charge in [0, 0.05) is 12.1 Å². The summed E-state index contributed by atoms with van der Waals surface area (Å²) in [4.78, 5) is 24.4. The van der Waals surface area contributed by atoms with Crippen molar-refractivity contribution in [2.24, 2.45) is 0 Å². The number of amides is 1. The summed E-state index contributed by atoms with van der Waals surface area (Å²) in [6.07, 6.45) is 0. The molecule has 1 heterocycles. The van der Waals surface area contributed by atoms with Crippen molar-refractivity contribution in [3.05, 3.63) is 81.8 Å². The third-order valence-electron chi connectivity index (χ3n) is 3.55. The van der Waals surface area contributed by atoms with E-state index in [2.05, 4.69) is 10.4 Å². The molecule has 3 aromatic rings. The number of anilines is 1. The minimum Gasteiger partial charge on any atom is -0.505 e. The number of halogens is 2. The molecular weight excluding hydrogens is 344 g/mol. The molecule has 26 heavy (non-hydrogen) atoms. The Kier molecular flexibility index (Phi) is 4.49. The van der Waals surface area contributed by atoms with Crippen molar-refractivity contribution in [1.29, 1.82) is 0 Å². The second kappa shape index (κ2) is 6.75. The standard InChI is InChI=1S/C18H13F2N3O3/c1-10-3-2-4-12(7-10)23-16(25)9-15(24)17(22-23)18(26)21-14-6-5-11(19)8-13(14)20/h2-9,24H,1H3,(H,21,26). The van der Waals surface area contributed by atoms with Gasteiger partial charge < -0.3 is 10.4 Å². The predicted molar refractivity (Wildman–Crippen MR) is 90.5 cm³/mol. The van der Waals surface area contributed by atoms with Gasteiger partial charge in [0.25, 0.3) is 11.5 Å². The van der Waals surface area contributed by atoms with E-state index < -0.39 is 34.5 Å². The fourth-order valence-electron chi connectivity index (χ4n) is 2.33. The zero-order valence-corrected chi connectivity index (χ0v) is 13.5. The number of nitrogens with zero attached hydrogens (tertiary/aromatic N) is 2. The number of hydrogen-bond donors (Lipinski definition) is 2. The summed E-state index contributed by atoms with van der Waals surface area (Å²) < 4.78 is 27.6. The molecule has 2 aromatic carbocycles. The van der Waals surface area contributed by atoms with Crippen LogP contribution in [0.4, 0.5) is 14.5 Å². The van der Waals surface area contributed by atoms with Crippen LogP contribution in [0.1, 0.15) is 16.1 Å². The minimum absolute atomic E-state index is 0.286. The lowest BCUT2D eigenvalue weighted by Gasteiger charge is -2.10. The summed E-state index contributed by atoms with van der Waals surface area (Å²) in [6, 6.07) is 10.3. The van der Waals surface area contributed by atoms with Gasteiger partial charge in [-0.3, -0.25) is 9.59 Å². The minimum atomic E-state index is -0.982. The van der Waals surface area contributed by atoms with Crippen LogP contribution < -0.4 is 10.9 Å². The normalized spacial score (nSPS) is 10.6. The second-order valence-electron chi connectivity index (χ2n) is 5.55. The third kappa shape index (κ3) is 3.44. The van der Waals surface area contributed by atoms with Gasteiger partial charge in [-0.15, -0.1) is 0 Å². The summed E-state index contributed by atoms with van der Waals surface area (Å²) >= 11 is 0. The molecule has 0 aliphatic rings. The van der Waals surface area contributed by atoms with Gasteiger partial charge in [0.2, 0.25) is 0 Å². The summed E-state index contributed by atoms with van der Waals surface area (Å²) in [6.45, 7) is 1.82.